The molecule has 0 fully saturated rings. The molecule has 0 saturated heterocycles. The third kappa shape index (κ3) is 4.18. The van der Waals surface area contributed by atoms with E-state index in [2.05, 4.69) is 0 Å². The number of ether oxygens (including phenoxy) is 3. The van der Waals surface area contributed by atoms with E-state index < -0.39 is 23.5 Å². The van der Waals surface area contributed by atoms with E-state index in [4.69, 9.17) is 19.3 Å². The van der Waals surface area contributed by atoms with Crippen molar-refractivity contribution >= 4 is 23.0 Å². The van der Waals surface area contributed by atoms with Crippen LogP contribution in [0.25, 0.3) is 0 Å². The van der Waals surface area contributed by atoms with E-state index in [1.807, 2.05) is 0 Å². The minimum absolute atomic E-state index is 0.0110. The monoisotopic (exact) mass is 433 g/mol. The van der Waals surface area contributed by atoms with Gasteiger partial charge in [0.15, 0.2) is 17.3 Å². The van der Waals surface area contributed by atoms with Crippen LogP contribution >= 0.6 is 11.3 Å². The maximum atomic E-state index is 13.1. The average Bonchev–Trinajstić information content (AvgIpc) is 3.38. The highest BCUT2D eigenvalue weighted by Crippen LogP contribution is 2.41. The second kappa shape index (κ2) is 9.75. The molecule has 1 aromatic heterocycles. The highest BCUT2D eigenvalue weighted by atomic mass is 32.1. The molecule has 1 aliphatic rings. The van der Waals surface area contributed by atoms with E-state index in [1.165, 1.54) is 30.5 Å². The smallest absolute Gasteiger partial charge is 0.290 e. The van der Waals surface area contributed by atoms with E-state index in [-0.39, 0.29) is 31.9 Å². The highest BCUT2D eigenvalue weighted by Gasteiger charge is 2.44. The lowest BCUT2D eigenvalue weighted by atomic mass is 9.95. The summed E-state index contributed by atoms with van der Waals surface area (Å²) in [5.41, 5.74) is 0.601. The zero-order valence-electron chi connectivity index (χ0n) is 16.7. The quantitative estimate of drug-likeness (QED) is 0.438. The highest BCUT2D eigenvalue weighted by molar-refractivity contribution is 7.12. The van der Waals surface area contributed by atoms with E-state index in [9.17, 15) is 14.7 Å². The summed E-state index contributed by atoms with van der Waals surface area (Å²) < 4.78 is 15.9. The van der Waals surface area contributed by atoms with Crippen molar-refractivity contribution in [3.63, 3.8) is 0 Å². The van der Waals surface area contributed by atoms with Gasteiger partial charge in [0.2, 0.25) is 5.78 Å². The summed E-state index contributed by atoms with van der Waals surface area (Å²) in [6, 6.07) is 7.65. The fourth-order valence-electron chi connectivity index (χ4n) is 3.36. The number of benzene rings is 1. The molecule has 0 radical (unpaired) electrons. The number of aliphatic hydroxyl groups is 2. The molecule has 3 rings (SSSR count). The van der Waals surface area contributed by atoms with Gasteiger partial charge in [-0.3, -0.25) is 9.59 Å². The number of nitrogens with zero attached hydrogens (tertiary/aromatic N) is 1. The van der Waals surface area contributed by atoms with Crippen LogP contribution < -0.4 is 9.47 Å². The van der Waals surface area contributed by atoms with Gasteiger partial charge in [-0.05, 0) is 29.1 Å². The van der Waals surface area contributed by atoms with E-state index in [0.717, 1.165) is 0 Å². The largest absolute Gasteiger partial charge is 0.503 e. The van der Waals surface area contributed by atoms with E-state index >= 15 is 0 Å². The van der Waals surface area contributed by atoms with Crippen LogP contribution in [0.1, 0.15) is 21.3 Å². The Labute approximate surface area is 177 Å². The number of hydrogen-bond donors (Lipinski definition) is 2. The van der Waals surface area contributed by atoms with Crippen LogP contribution in [-0.2, 0) is 9.53 Å². The average molecular weight is 433 g/mol. The molecule has 0 spiro atoms. The molecule has 9 heteroatoms. The lowest BCUT2D eigenvalue weighted by molar-refractivity contribution is -0.130. The van der Waals surface area contributed by atoms with Gasteiger partial charge in [0, 0.05) is 6.54 Å². The van der Waals surface area contributed by atoms with Gasteiger partial charge < -0.3 is 29.3 Å². The standard InChI is InChI=1S/C21H23NO7S/c1-27-14-6-5-13(12-15(14)28-2)18-17(19(24)16-4-3-11-30-16)20(25)21(26)22(18)7-9-29-10-8-23/h3-6,11-12,18,23,25H,7-10H2,1-2H3/t18-/m0/s1. The van der Waals surface area contributed by atoms with E-state index in [1.54, 1.807) is 35.7 Å². The van der Waals surface area contributed by atoms with Gasteiger partial charge in [0.1, 0.15) is 0 Å². The zero-order valence-corrected chi connectivity index (χ0v) is 17.5. The first-order valence-corrected chi connectivity index (χ1v) is 10.1. The van der Waals surface area contributed by atoms with Crippen LogP contribution in [-0.4, -0.2) is 67.4 Å². The van der Waals surface area contributed by atoms with Gasteiger partial charge in [-0.2, -0.15) is 0 Å². The Bertz CT molecular complexity index is 939. The first kappa shape index (κ1) is 21.8. The number of hydrogen-bond acceptors (Lipinski definition) is 8. The fourth-order valence-corrected chi connectivity index (χ4v) is 4.03. The molecule has 0 bridgehead atoms. The van der Waals surface area contributed by atoms with Gasteiger partial charge in [-0.15, -0.1) is 11.3 Å². The van der Waals surface area contributed by atoms with Crippen molar-refractivity contribution in [1.29, 1.82) is 0 Å². The Morgan fingerprint density at radius 1 is 1.17 bits per heavy atom. The van der Waals surface area contributed by atoms with Gasteiger partial charge in [-0.25, -0.2) is 0 Å². The lowest BCUT2D eigenvalue weighted by Gasteiger charge is -2.27. The van der Waals surface area contributed by atoms with Crippen LogP contribution in [0, 0.1) is 0 Å². The molecule has 160 valence electrons. The Hall–Kier alpha value is -2.88. The first-order valence-electron chi connectivity index (χ1n) is 9.26. The third-order valence-corrected chi connectivity index (χ3v) is 5.60. The number of rotatable bonds is 10. The van der Waals surface area contributed by atoms with Gasteiger partial charge >= 0.3 is 0 Å². The maximum absolute atomic E-state index is 13.1. The minimum Gasteiger partial charge on any atom is -0.503 e. The van der Waals surface area contributed by atoms with Crippen LogP contribution in [0.15, 0.2) is 47.0 Å². The molecule has 1 aromatic carbocycles. The molecular weight excluding hydrogens is 410 g/mol. The topological polar surface area (TPSA) is 106 Å². The second-order valence-electron chi connectivity index (χ2n) is 6.42. The van der Waals surface area contributed by atoms with Gasteiger partial charge in [0.05, 0.1) is 50.5 Å². The normalized spacial score (nSPS) is 16.3. The van der Waals surface area contributed by atoms with Crippen molar-refractivity contribution in [3.8, 4) is 11.5 Å². The number of amides is 1. The number of methoxy groups -OCH3 is 2. The van der Waals surface area contributed by atoms with Crippen molar-refractivity contribution in [1.82, 2.24) is 4.90 Å². The fraction of sp³-hybridized carbons (Fsp3) is 0.333. The summed E-state index contributed by atoms with van der Waals surface area (Å²) in [5.74, 6) is -0.692. The molecule has 30 heavy (non-hydrogen) atoms. The summed E-state index contributed by atoms with van der Waals surface area (Å²) in [6.07, 6.45) is 0. The SMILES string of the molecule is COc1ccc([C@H]2C(C(=O)c3cccs3)=C(O)C(=O)N2CCOCCO)cc1OC. The molecule has 1 atom stereocenters. The van der Waals surface area contributed by atoms with Crippen LogP contribution in [0.5, 0.6) is 11.5 Å². The van der Waals surface area contributed by atoms with Crippen LogP contribution in [0.3, 0.4) is 0 Å². The Balaban J connectivity index is 2.03. The van der Waals surface area contributed by atoms with Gasteiger partial charge in [-0.1, -0.05) is 12.1 Å². The Kier molecular flexibility index (Phi) is 7.09. The molecule has 0 saturated carbocycles. The number of thiophene rings is 1. The predicted octanol–water partition coefficient (Wildman–Crippen LogP) is 2.35. The maximum Gasteiger partial charge on any atom is 0.290 e. The van der Waals surface area contributed by atoms with Crippen molar-refractivity contribution in [2.45, 2.75) is 6.04 Å². The number of Topliss-reactive ketones (excluding diaryl/α,β-unsaturated/α-hetero) is 1. The van der Waals surface area contributed by atoms with Crippen LogP contribution in [0.2, 0.25) is 0 Å². The number of carbonyl (C=O) groups is 2. The number of aliphatic hydroxyl groups excluding tert-OH is 2. The molecular formula is C21H23NO7S. The molecule has 2 heterocycles. The van der Waals surface area contributed by atoms with Crippen molar-refractivity contribution in [2.24, 2.45) is 0 Å². The summed E-state index contributed by atoms with van der Waals surface area (Å²) in [4.78, 5) is 27.8. The summed E-state index contributed by atoms with van der Waals surface area (Å²) in [6.45, 7) is 0.259. The zero-order chi connectivity index (χ0) is 21.7. The number of carbonyl (C=O) groups excluding carboxylic acids is 2. The summed E-state index contributed by atoms with van der Waals surface area (Å²) in [5, 5.41) is 21.2. The van der Waals surface area contributed by atoms with E-state index in [0.29, 0.717) is 21.9 Å². The summed E-state index contributed by atoms with van der Waals surface area (Å²) in [7, 11) is 3.01. The lowest BCUT2D eigenvalue weighted by Crippen LogP contribution is -2.34. The molecule has 2 aromatic rings. The predicted molar refractivity (Wildman–Crippen MR) is 110 cm³/mol. The molecule has 8 nitrogen and oxygen atoms in total. The van der Waals surface area contributed by atoms with Gasteiger partial charge in [0.25, 0.3) is 5.91 Å². The summed E-state index contributed by atoms with van der Waals surface area (Å²) >= 11 is 1.24. The Morgan fingerprint density at radius 3 is 2.57 bits per heavy atom. The van der Waals surface area contributed by atoms with Crippen molar-refractivity contribution < 1.29 is 34.0 Å². The Morgan fingerprint density at radius 2 is 1.93 bits per heavy atom. The van der Waals surface area contributed by atoms with Crippen molar-refractivity contribution in [2.75, 3.05) is 40.6 Å². The molecule has 1 amide bonds. The molecule has 2 N–H and O–H groups in total. The van der Waals surface area contributed by atoms with Crippen molar-refractivity contribution in [3.05, 3.63) is 57.5 Å². The molecule has 0 aliphatic carbocycles. The first-order chi connectivity index (χ1) is 14.5. The molecule has 0 unspecified atom stereocenters. The third-order valence-electron chi connectivity index (χ3n) is 4.73. The second-order valence-corrected chi connectivity index (χ2v) is 7.37. The number of ketones is 1. The molecule has 1 aliphatic heterocycles. The van der Waals surface area contributed by atoms with Crippen LogP contribution in [0.4, 0.5) is 0 Å². The minimum atomic E-state index is -0.815.